The van der Waals surface area contributed by atoms with Crippen molar-refractivity contribution in [2.24, 2.45) is 0 Å². The van der Waals surface area contributed by atoms with Gasteiger partial charge in [-0.25, -0.2) is 13.2 Å². The van der Waals surface area contributed by atoms with E-state index in [2.05, 4.69) is 0 Å². The minimum Gasteiger partial charge on any atom is -0.443 e. The summed E-state index contributed by atoms with van der Waals surface area (Å²) in [6.07, 6.45) is -0.847. The van der Waals surface area contributed by atoms with Crippen LogP contribution in [0.2, 0.25) is 0 Å². The molecule has 118 valence electrons. The van der Waals surface area contributed by atoms with Gasteiger partial charge >= 0.3 is 6.09 Å². The molecule has 1 aromatic rings. The van der Waals surface area contributed by atoms with Crippen molar-refractivity contribution in [1.29, 1.82) is 0 Å². The van der Waals surface area contributed by atoms with Gasteiger partial charge in [0.2, 0.25) is 10.0 Å². The van der Waals surface area contributed by atoms with Crippen LogP contribution in [0.25, 0.3) is 0 Å². The van der Waals surface area contributed by atoms with E-state index in [-0.39, 0.29) is 6.54 Å². The number of ether oxygens (including phenoxy) is 1. The lowest BCUT2D eigenvalue weighted by molar-refractivity contribution is 0.0380. The van der Waals surface area contributed by atoms with Crippen molar-refractivity contribution in [2.45, 2.75) is 52.0 Å². The van der Waals surface area contributed by atoms with Crippen molar-refractivity contribution in [3.8, 4) is 0 Å². The maximum atomic E-state index is 12.4. The van der Waals surface area contributed by atoms with E-state index < -0.39 is 27.0 Å². The summed E-state index contributed by atoms with van der Waals surface area (Å²) in [5, 5.41) is -0.700. The third kappa shape index (κ3) is 5.04. The standard InChI is InChI=1S/C15H23NO4S/c1-12(2)21(18,19)16(14(17)20-15(3,4)5)11-13-9-7-6-8-10-13/h6-10,12H,11H2,1-5H3. The lowest BCUT2D eigenvalue weighted by Gasteiger charge is -2.28. The molecule has 6 heteroatoms. The molecule has 0 atom stereocenters. The van der Waals surface area contributed by atoms with Crippen molar-refractivity contribution in [3.05, 3.63) is 35.9 Å². The summed E-state index contributed by atoms with van der Waals surface area (Å²) in [7, 11) is -3.75. The van der Waals surface area contributed by atoms with Crippen LogP contribution in [-0.2, 0) is 21.3 Å². The van der Waals surface area contributed by atoms with Gasteiger partial charge in [-0.15, -0.1) is 0 Å². The molecule has 0 N–H and O–H groups in total. The molecule has 21 heavy (non-hydrogen) atoms. The van der Waals surface area contributed by atoms with E-state index in [1.807, 2.05) is 6.07 Å². The summed E-state index contributed by atoms with van der Waals surface area (Å²) < 4.78 is 30.8. The zero-order chi connectivity index (χ0) is 16.3. The van der Waals surface area contributed by atoms with Crippen LogP contribution < -0.4 is 0 Å². The summed E-state index contributed by atoms with van der Waals surface area (Å²) in [6, 6.07) is 8.97. The highest BCUT2D eigenvalue weighted by molar-refractivity contribution is 7.90. The second kappa shape index (κ2) is 6.47. The summed E-state index contributed by atoms with van der Waals surface area (Å²) in [6.45, 7) is 8.15. The van der Waals surface area contributed by atoms with E-state index in [1.54, 1.807) is 45.0 Å². The predicted molar refractivity (Wildman–Crippen MR) is 82.3 cm³/mol. The van der Waals surface area contributed by atoms with E-state index in [0.717, 1.165) is 9.87 Å². The smallest absolute Gasteiger partial charge is 0.424 e. The Morgan fingerprint density at radius 2 is 1.71 bits per heavy atom. The average Bonchev–Trinajstić information content (AvgIpc) is 2.34. The van der Waals surface area contributed by atoms with Gasteiger partial charge in [0.05, 0.1) is 11.8 Å². The molecule has 0 unspecified atom stereocenters. The molecule has 0 bridgehead atoms. The van der Waals surface area contributed by atoms with E-state index >= 15 is 0 Å². The Labute approximate surface area is 127 Å². The van der Waals surface area contributed by atoms with Gasteiger partial charge in [0, 0.05) is 0 Å². The number of hydrogen-bond donors (Lipinski definition) is 0. The van der Waals surface area contributed by atoms with Gasteiger partial charge in [0.15, 0.2) is 0 Å². The van der Waals surface area contributed by atoms with Gasteiger partial charge < -0.3 is 4.74 Å². The first-order chi connectivity index (χ1) is 9.54. The quantitative estimate of drug-likeness (QED) is 0.856. The molecule has 0 fully saturated rings. The second-order valence-corrected chi connectivity index (χ2v) is 8.48. The van der Waals surface area contributed by atoms with E-state index in [9.17, 15) is 13.2 Å². The summed E-state index contributed by atoms with van der Waals surface area (Å²) in [5.74, 6) is 0. The Morgan fingerprint density at radius 3 is 2.14 bits per heavy atom. The van der Waals surface area contributed by atoms with Gasteiger partial charge in [-0.1, -0.05) is 30.3 Å². The Balaban J connectivity index is 3.10. The molecule has 0 aliphatic carbocycles. The molecule has 0 spiro atoms. The maximum Gasteiger partial charge on any atom is 0.424 e. The fraction of sp³-hybridized carbons (Fsp3) is 0.533. The van der Waals surface area contributed by atoms with Crippen LogP contribution in [0, 0.1) is 0 Å². The molecule has 0 heterocycles. The molecule has 0 aromatic heterocycles. The highest BCUT2D eigenvalue weighted by atomic mass is 32.2. The highest BCUT2D eigenvalue weighted by Crippen LogP contribution is 2.18. The zero-order valence-corrected chi connectivity index (χ0v) is 14.0. The largest absolute Gasteiger partial charge is 0.443 e. The Kier molecular flexibility index (Phi) is 5.39. The number of rotatable bonds is 4. The number of hydrogen-bond acceptors (Lipinski definition) is 4. The van der Waals surface area contributed by atoms with Crippen LogP contribution in [0.4, 0.5) is 4.79 Å². The van der Waals surface area contributed by atoms with Crippen molar-refractivity contribution in [2.75, 3.05) is 0 Å². The van der Waals surface area contributed by atoms with E-state index in [0.29, 0.717) is 0 Å². The van der Waals surface area contributed by atoms with Gasteiger partial charge in [-0.2, -0.15) is 4.31 Å². The summed E-state index contributed by atoms with van der Waals surface area (Å²) in [5.41, 5.74) is -0.0222. The van der Waals surface area contributed by atoms with Gasteiger partial charge in [-0.05, 0) is 40.2 Å². The van der Waals surface area contributed by atoms with Gasteiger partial charge in [-0.3, -0.25) is 0 Å². The first-order valence-electron chi connectivity index (χ1n) is 6.82. The first kappa shape index (κ1) is 17.5. The fourth-order valence-corrected chi connectivity index (χ4v) is 2.66. The monoisotopic (exact) mass is 313 g/mol. The second-order valence-electron chi connectivity index (χ2n) is 6.07. The van der Waals surface area contributed by atoms with E-state index in [1.165, 1.54) is 13.8 Å². The van der Waals surface area contributed by atoms with Crippen LogP contribution in [0.15, 0.2) is 30.3 Å². The lowest BCUT2D eigenvalue weighted by atomic mass is 10.2. The molecule has 0 saturated carbocycles. The molecular weight excluding hydrogens is 290 g/mol. The number of nitrogens with zero attached hydrogens (tertiary/aromatic N) is 1. The number of carbonyl (C=O) groups is 1. The highest BCUT2D eigenvalue weighted by Gasteiger charge is 2.33. The lowest BCUT2D eigenvalue weighted by Crippen LogP contribution is -2.43. The minimum absolute atomic E-state index is 0.0315. The SMILES string of the molecule is CC(C)S(=O)(=O)N(Cc1ccccc1)C(=O)OC(C)(C)C. The van der Waals surface area contributed by atoms with E-state index in [4.69, 9.17) is 4.74 Å². The molecule has 0 saturated heterocycles. The third-order valence-corrected chi connectivity index (χ3v) is 4.75. The Bertz CT molecular complexity index is 573. The van der Waals surface area contributed by atoms with Crippen LogP contribution in [0.5, 0.6) is 0 Å². The van der Waals surface area contributed by atoms with Crippen LogP contribution >= 0.6 is 0 Å². The zero-order valence-electron chi connectivity index (χ0n) is 13.2. The van der Waals surface area contributed by atoms with Crippen LogP contribution in [0.3, 0.4) is 0 Å². The fourth-order valence-electron chi connectivity index (χ4n) is 1.57. The molecule has 0 radical (unpaired) electrons. The molecule has 1 aromatic carbocycles. The van der Waals surface area contributed by atoms with Crippen molar-refractivity contribution in [1.82, 2.24) is 4.31 Å². The molecule has 1 amide bonds. The molecule has 0 aliphatic heterocycles. The first-order valence-corrected chi connectivity index (χ1v) is 8.33. The van der Waals surface area contributed by atoms with Crippen molar-refractivity contribution in [3.63, 3.8) is 0 Å². The maximum absolute atomic E-state index is 12.4. The number of sulfonamides is 1. The summed E-state index contributed by atoms with van der Waals surface area (Å²) in [4.78, 5) is 12.2. The number of carbonyl (C=O) groups excluding carboxylic acids is 1. The van der Waals surface area contributed by atoms with Crippen LogP contribution in [0.1, 0.15) is 40.2 Å². The third-order valence-electron chi connectivity index (χ3n) is 2.67. The predicted octanol–water partition coefficient (Wildman–Crippen LogP) is 3.16. The van der Waals surface area contributed by atoms with Crippen molar-refractivity contribution < 1.29 is 17.9 Å². The molecule has 0 aliphatic rings. The van der Waals surface area contributed by atoms with Crippen molar-refractivity contribution >= 4 is 16.1 Å². The topological polar surface area (TPSA) is 63.7 Å². The normalized spacial score (nSPS) is 12.3. The number of amides is 1. The number of benzene rings is 1. The van der Waals surface area contributed by atoms with Gasteiger partial charge in [0.25, 0.3) is 0 Å². The van der Waals surface area contributed by atoms with Gasteiger partial charge in [0.1, 0.15) is 5.60 Å². The average molecular weight is 313 g/mol. The van der Waals surface area contributed by atoms with Crippen LogP contribution in [-0.4, -0.2) is 29.7 Å². The molecular formula is C15H23NO4S. The Morgan fingerprint density at radius 1 is 1.19 bits per heavy atom. The Hall–Kier alpha value is -1.56. The molecule has 5 nitrogen and oxygen atoms in total. The molecule has 1 rings (SSSR count). The minimum atomic E-state index is -3.75. The summed E-state index contributed by atoms with van der Waals surface area (Å²) >= 11 is 0.